The third kappa shape index (κ3) is 3.22. The Balaban J connectivity index is 1.74. The van der Waals surface area contributed by atoms with Gasteiger partial charge in [-0.05, 0) is 12.1 Å². The van der Waals surface area contributed by atoms with Crippen molar-refractivity contribution in [2.45, 2.75) is 19.4 Å². The molecule has 9 heteroatoms. The molecule has 0 bridgehead atoms. The number of nitrogens with one attached hydrogen (secondary N) is 1. The first kappa shape index (κ1) is 15.6. The molecule has 1 aromatic heterocycles. The number of halogens is 1. The number of rotatable bonds is 4. The minimum Gasteiger partial charge on any atom is -0.390 e. The van der Waals surface area contributed by atoms with Gasteiger partial charge in [0.15, 0.2) is 5.69 Å². The Morgan fingerprint density at radius 1 is 1.58 bits per heavy atom. The molecule has 0 saturated heterocycles. The van der Waals surface area contributed by atoms with Crippen molar-refractivity contribution >= 4 is 11.6 Å². The zero-order chi connectivity index (χ0) is 17.1. The van der Waals surface area contributed by atoms with Gasteiger partial charge in [-0.15, -0.1) is 5.10 Å². The first-order chi connectivity index (χ1) is 11.6. The lowest BCUT2D eigenvalue weighted by Gasteiger charge is -2.08. The second-order valence-electron chi connectivity index (χ2n) is 5.23. The molecule has 1 aliphatic heterocycles. The molecule has 2 aromatic rings. The van der Waals surface area contributed by atoms with Crippen molar-refractivity contribution in [1.82, 2.24) is 20.3 Å². The van der Waals surface area contributed by atoms with Crippen molar-refractivity contribution in [3.05, 3.63) is 41.5 Å². The summed E-state index contributed by atoms with van der Waals surface area (Å²) in [7, 11) is 0. The fraction of sp³-hybridized carbons (Fsp3) is 0.267. The van der Waals surface area contributed by atoms with Crippen molar-refractivity contribution < 1.29 is 14.0 Å². The number of aromatic nitrogens is 3. The highest BCUT2D eigenvalue weighted by Crippen LogP contribution is 2.20. The molecule has 1 amide bonds. The summed E-state index contributed by atoms with van der Waals surface area (Å²) in [5, 5.41) is 22.7. The van der Waals surface area contributed by atoms with Crippen LogP contribution in [0.2, 0.25) is 0 Å². The SMILES string of the molecule is CC(=O)NCC1CC(c2ccc(-n3cc(C#N)nn3)c(F)c2)=NO1. The predicted molar refractivity (Wildman–Crippen MR) is 80.7 cm³/mol. The van der Waals surface area contributed by atoms with Crippen LogP contribution in [0.25, 0.3) is 5.69 Å². The maximum Gasteiger partial charge on any atom is 0.217 e. The molecule has 24 heavy (non-hydrogen) atoms. The highest BCUT2D eigenvalue weighted by molar-refractivity contribution is 6.01. The van der Waals surface area contributed by atoms with E-state index in [1.807, 2.05) is 6.07 Å². The summed E-state index contributed by atoms with van der Waals surface area (Å²) in [6.07, 6.45) is 1.55. The average molecular weight is 328 g/mol. The smallest absolute Gasteiger partial charge is 0.217 e. The molecule has 1 atom stereocenters. The summed E-state index contributed by atoms with van der Waals surface area (Å²) in [5.74, 6) is -0.665. The van der Waals surface area contributed by atoms with E-state index in [-0.39, 0.29) is 23.4 Å². The summed E-state index contributed by atoms with van der Waals surface area (Å²) in [6.45, 7) is 1.77. The van der Waals surface area contributed by atoms with Crippen LogP contribution < -0.4 is 5.32 Å². The number of benzene rings is 1. The third-order valence-electron chi connectivity index (χ3n) is 3.45. The Kier molecular flexibility index (Phi) is 4.20. The zero-order valence-electron chi connectivity index (χ0n) is 12.7. The summed E-state index contributed by atoms with van der Waals surface area (Å²) in [6, 6.07) is 6.38. The number of oxime groups is 1. The number of amides is 1. The lowest BCUT2D eigenvalue weighted by atomic mass is 10.0. The van der Waals surface area contributed by atoms with Crippen LogP contribution in [0.1, 0.15) is 24.6 Å². The molecule has 3 rings (SSSR count). The number of hydrogen-bond donors (Lipinski definition) is 1. The van der Waals surface area contributed by atoms with Crippen LogP contribution in [0.15, 0.2) is 29.6 Å². The number of carbonyl (C=O) groups excluding carboxylic acids is 1. The number of nitriles is 1. The van der Waals surface area contributed by atoms with Gasteiger partial charge in [0.2, 0.25) is 5.91 Å². The topological polar surface area (TPSA) is 105 Å². The molecule has 8 nitrogen and oxygen atoms in total. The van der Waals surface area contributed by atoms with Gasteiger partial charge in [-0.3, -0.25) is 4.79 Å². The van der Waals surface area contributed by atoms with Gasteiger partial charge in [0.1, 0.15) is 23.7 Å². The van der Waals surface area contributed by atoms with E-state index < -0.39 is 5.82 Å². The Hall–Kier alpha value is -3.28. The van der Waals surface area contributed by atoms with Crippen molar-refractivity contribution in [3.8, 4) is 11.8 Å². The highest BCUT2D eigenvalue weighted by atomic mass is 19.1. The van der Waals surface area contributed by atoms with Crippen LogP contribution in [0, 0.1) is 17.1 Å². The Labute approximate surface area is 136 Å². The molecule has 0 radical (unpaired) electrons. The van der Waals surface area contributed by atoms with Gasteiger partial charge in [-0.25, -0.2) is 9.07 Å². The molecule has 122 valence electrons. The van der Waals surface area contributed by atoms with E-state index in [4.69, 9.17) is 10.1 Å². The Morgan fingerprint density at radius 2 is 2.42 bits per heavy atom. The Bertz CT molecular complexity index is 854. The minimum atomic E-state index is -0.519. The molecule has 1 aliphatic rings. The van der Waals surface area contributed by atoms with E-state index in [1.165, 1.54) is 29.9 Å². The second-order valence-corrected chi connectivity index (χ2v) is 5.23. The van der Waals surface area contributed by atoms with Crippen LogP contribution in [0.5, 0.6) is 0 Å². The van der Waals surface area contributed by atoms with Crippen molar-refractivity contribution in [2.75, 3.05) is 6.54 Å². The van der Waals surface area contributed by atoms with Gasteiger partial charge in [0.25, 0.3) is 0 Å². The quantitative estimate of drug-likeness (QED) is 0.898. The average Bonchev–Trinajstić information content (AvgIpc) is 3.22. The van der Waals surface area contributed by atoms with Crippen LogP contribution in [0.3, 0.4) is 0 Å². The molecular weight excluding hydrogens is 315 g/mol. The minimum absolute atomic E-state index is 0.104. The van der Waals surface area contributed by atoms with Crippen molar-refractivity contribution in [2.24, 2.45) is 5.16 Å². The monoisotopic (exact) mass is 328 g/mol. The summed E-state index contributed by atoms with van der Waals surface area (Å²) in [4.78, 5) is 16.1. The fourth-order valence-electron chi connectivity index (χ4n) is 2.27. The molecule has 1 N–H and O–H groups in total. The van der Waals surface area contributed by atoms with Crippen molar-refractivity contribution in [1.29, 1.82) is 5.26 Å². The third-order valence-corrected chi connectivity index (χ3v) is 3.45. The predicted octanol–water partition coefficient (Wildman–Crippen LogP) is 0.907. The number of nitrogens with zero attached hydrogens (tertiary/aromatic N) is 5. The molecule has 0 aliphatic carbocycles. The number of hydrogen-bond acceptors (Lipinski definition) is 6. The van der Waals surface area contributed by atoms with Crippen LogP contribution in [-0.4, -0.2) is 39.3 Å². The van der Waals surface area contributed by atoms with E-state index in [9.17, 15) is 9.18 Å². The van der Waals surface area contributed by atoms with E-state index >= 15 is 0 Å². The highest BCUT2D eigenvalue weighted by Gasteiger charge is 2.23. The van der Waals surface area contributed by atoms with E-state index in [0.29, 0.717) is 24.2 Å². The van der Waals surface area contributed by atoms with Crippen molar-refractivity contribution in [3.63, 3.8) is 0 Å². The van der Waals surface area contributed by atoms with Gasteiger partial charge in [0.05, 0.1) is 18.5 Å². The lowest BCUT2D eigenvalue weighted by Crippen LogP contribution is -2.30. The van der Waals surface area contributed by atoms with Crippen LogP contribution >= 0.6 is 0 Å². The molecular formula is C15H13FN6O2. The standard InChI is InChI=1S/C15H13FN6O2/c1-9(23)18-7-12-5-14(20-24-12)10-2-3-15(13(16)4-10)22-8-11(6-17)19-21-22/h2-4,8,12H,5,7H2,1H3,(H,18,23). The van der Waals surface area contributed by atoms with E-state index in [1.54, 1.807) is 6.07 Å². The maximum absolute atomic E-state index is 14.3. The molecule has 1 unspecified atom stereocenters. The van der Waals surface area contributed by atoms with Crippen LogP contribution in [0.4, 0.5) is 4.39 Å². The zero-order valence-corrected chi connectivity index (χ0v) is 12.7. The maximum atomic E-state index is 14.3. The molecule has 2 heterocycles. The summed E-state index contributed by atoms with van der Waals surface area (Å²) >= 11 is 0. The van der Waals surface area contributed by atoms with Gasteiger partial charge in [0, 0.05) is 18.9 Å². The second kappa shape index (κ2) is 6.45. The summed E-state index contributed by atoms with van der Waals surface area (Å²) < 4.78 is 15.5. The molecule has 0 saturated carbocycles. The molecule has 1 aromatic carbocycles. The van der Waals surface area contributed by atoms with Gasteiger partial charge < -0.3 is 10.2 Å². The van der Waals surface area contributed by atoms with Gasteiger partial charge in [-0.2, -0.15) is 5.26 Å². The Morgan fingerprint density at radius 3 is 3.08 bits per heavy atom. The fourth-order valence-corrected chi connectivity index (χ4v) is 2.27. The molecule has 0 fully saturated rings. The number of carbonyl (C=O) groups is 1. The first-order valence-electron chi connectivity index (χ1n) is 7.16. The van der Waals surface area contributed by atoms with Gasteiger partial charge in [-0.1, -0.05) is 16.4 Å². The van der Waals surface area contributed by atoms with E-state index in [2.05, 4.69) is 20.8 Å². The normalized spacial score (nSPS) is 16.2. The largest absolute Gasteiger partial charge is 0.390 e. The van der Waals surface area contributed by atoms with Crippen LogP contribution in [-0.2, 0) is 9.63 Å². The summed E-state index contributed by atoms with van der Waals surface area (Å²) in [5.41, 5.74) is 1.48. The van der Waals surface area contributed by atoms with E-state index in [0.717, 1.165) is 0 Å². The molecule has 0 spiro atoms. The first-order valence-corrected chi connectivity index (χ1v) is 7.16. The van der Waals surface area contributed by atoms with Gasteiger partial charge >= 0.3 is 0 Å². The lowest BCUT2D eigenvalue weighted by molar-refractivity contribution is -0.119.